The topological polar surface area (TPSA) is 38.7 Å². The summed E-state index contributed by atoms with van der Waals surface area (Å²) in [6.07, 6.45) is 9.54. The van der Waals surface area contributed by atoms with E-state index in [1.807, 2.05) is 0 Å². The summed E-state index contributed by atoms with van der Waals surface area (Å²) in [5, 5.41) is 9.16. The molecule has 110 valence electrons. The Balaban J connectivity index is 3.29. The van der Waals surface area contributed by atoms with E-state index < -0.39 is 0 Å². The molecule has 0 saturated carbocycles. The molecule has 0 amide bonds. The van der Waals surface area contributed by atoms with Crippen LogP contribution in [0, 0.1) is 0 Å². The van der Waals surface area contributed by atoms with Crippen LogP contribution in [0.2, 0.25) is 0 Å². The van der Waals surface area contributed by atoms with E-state index in [1.165, 1.54) is 38.5 Å². The van der Waals surface area contributed by atoms with Crippen LogP contribution in [0.3, 0.4) is 0 Å². The number of hydrogen-bond donors (Lipinski definition) is 1. The van der Waals surface area contributed by atoms with Crippen LogP contribution in [0.15, 0.2) is 0 Å². The molecule has 0 bridgehead atoms. The SMILES string of the molecule is CCCCCCOCC(CO)OCCCCCC. The largest absolute Gasteiger partial charge is 0.394 e. The number of hydrogen-bond acceptors (Lipinski definition) is 3. The molecule has 0 aliphatic heterocycles. The van der Waals surface area contributed by atoms with Crippen molar-refractivity contribution in [1.82, 2.24) is 0 Å². The summed E-state index contributed by atoms with van der Waals surface area (Å²) in [4.78, 5) is 0. The lowest BCUT2D eigenvalue weighted by Gasteiger charge is -2.15. The van der Waals surface area contributed by atoms with Gasteiger partial charge in [0.1, 0.15) is 6.10 Å². The fraction of sp³-hybridized carbons (Fsp3) is 1.00. The van der Waals surface area contributed by atoms with Crippen LogP contribution < -0.4 is 0 Å². The molecule has 3 heteroatoms. The smallest absolute Gasteiger partial charge is 0.104 e. The Morgan fingerprint density at radius 1 is 0.833 bits per heavy atom. The number of aliphatic hydroxyl groups excluding tert-OH is 1. The lowest BCUT2D eigenvalue weighted by atomic mass is 10.2. The van der Waals surface area contributed by atoms with Crippen LogP contribution in [-0.4, -0.2) is 37.6 Å². The Kier molecular flexibility index (Phi) is 14.8. The molecule has 0 heterocycles. The molecule has 0 aromatic heterocycles. The summed E-state index contributed by atoms with van der Waals surface area (Å²) in [5.41, 5.74) is 0. The zero-order valence-electron chi connectivity index (χ0n) is 12.3. The molecule has 0 spiro atoms. The van der Waals surface area contributed by atoms with Crippen molar-refractivity contribution in [3.8, 4) is 0 Å². The highest BCUT2D eigenvalue weighted by atomic mass is 16.5. The average Bonchev–Trinajstić information content (AvgIpc) is 2.40. The van der Waals surface area contributed by atoms with Gasteiger partial charge < -0.3 is 14.6 Å². The molecule has 1 atom stereocenters. The Labute approximate surface area is 113 Å². The first-order valence-electron chi connectivity index (χ1n) is 7.65. The maximum atomic E-state index is 9.16. The van der Waals surface area contributed by atoms with Crippen molar-refractivity contribution in [3.63, 3.8) is 0 Å². The van der Waals surface area contributed by atoms with E-state index in [4.69, 9.17) is 14.6 Å². The van der Waals surface area contributed by atoms with E-state index in [9.17, 15) is 0 Å². The van der Waals surface area contributed by atoms with Gasteiger partial charge in [0.25, 0.3) is 0 Å². The molecule has 0 aliphatic carbocycles. The second kappa shape index (κ2) is 14.9. The third-order valence-electron chi connectivity index (χ3n) is 3.00. The maximum Gasteiger partial charge on any atom is 0.104 e. The first kappa shape index (κ1) is 17.9. The number of aliphatic hydroxyl groups is 1. The van der Waals surface area contributed by atoms with E-state index in [-0.39, 0.29) is 12.7 Å². The standard InChI is InChI=1S/C15H32O3/c1-3-5-7-9-11-17-14-15(13-16)18-12-10-8-6-4-2/h15-16H,3-14H2,1-2H3. The third-order valence-corrected chi connectivity index (χ3v) is 3.00. The van der Waals surface area contributed by atoms with E-state index in [0.717, 1.165) is 26.1 Å². The van der Waals surface area contributed by atoms with Gasteiger partial charge in [0.15, 0.2) is 0 Å². The van der Waals surface area contributed by atoms with E-state index >= 15 is 0 Å². The molecule has 0 rings (SSSR count). The highest BCUT2D eigenvalue weighted by molar-refractivity contribution is 4.54. The zero-order chi connectivity index (χ0) is 13.5. The lowest BCUT2D eigenvalue weighted by molar-refractivity contribution is -0.0437. The van der Waals surface area contributed by atoms with Crippen LogP contribution in [0.5, 0.6) is 0 Å². The Hall–Kier alpha value is -0.120. The van der Waals surface area contributed by atoms with Gasteiger partial charge in [0.2, 0.25) is 0 Å². The van der Waals surface area contributed by atoms with E-state index in [1.54, 1.807) is 0 Å². The summed E-state index contributed by atoms with van der Waals surface area (Å²) >= 11 is 0. The monoisotopic (exact) mass is 260 g/mol. The van der Waals surface area contributed by atoms with Crippen molar-refractivity contribution in [3.05, 3.63) is 0 Å². The molecular weight excluding hydrogens is 228 g/mol. The first-order chi connectivity index (χ1) is 8.85. The molecule has 0 aromatic rings. The number of ether oxygens (including phenoxy) is 2. The summed E-state index contributed by atoms with van der Waals surface area (Å²) < 4.78 is 11.1. The van der Waals surface area contributed by atoms with Gasteiger partial charge in [-0.05, 0) is 12.8 Å². The van der Waals surface area contributed by atoms with E-state index in [0.29, 0.717) is 6.61 Å². The average molecular weight is 260 g/mol. The summed E-state index contributed by atoms with van der Waals surface area (Å²) in [5.74, 6) is 0. The highest BCUT2D eigenvalue weighted by Gasteiger charge is 2.07. The Morgan fingerprint density at radius 3 is 2.00 bits per heavy atom. The fourth-order valence-electron chi connectivity index (χ4n) is 1.78. The van der Waals surface area contributed by atoms with Gasteiger partial charge in [-0.25, -0.2) is 0 Å². The minimum atomic E-state index is -0.141. The molecular formula is C15H32O3. The van der Waals surface area contributed by atoms with Crippen molar-refractivity contribution in [2.45, 2.75) is 71.3 Å². The van der Waals surface area contributed by atoms with Gasteiger partial charge in [-0.2, -0.15) is 0 Å². The van der Waals surface area contributed by atoms with Gasteiger partial charge in [0.05, 0.1) is 13.2 Å². The summed E-state index contributed by atoms with van der Waals surface area (Å²) in [7, 11) is 0. The van der Waals surface area contributed by atoms with Gasteiger partial charge in [-0.1, -0.05) is 52.4 Å². The minimum absolute atomic E-state index is 0.0583. The molecule has 0 fully saturated rings. The van der Waals surface area contributed by atoms with E-state index in [2.05, 4.69) is 13.8 Å². The highest BCUT2D eigenvalue weighted by Crippen LogP contribution is 2.03. The van der Waals surface area contributed by atoms with Crippen molar-refractivity contribution >= 4 is 0 Å². The maximum absolute atomic E-state index is 9.16. The Morgan fingerprint density at radius 2 is 1.44 bits per heavy atom. The van der Waals surface area contributed by atoms with Gasteiger partial charge in [0, 0.05) is 13.2 Å². The van der Waals surface area contributed by atoms with Crippen LogP contribution in [0.1, 0.15) is 65.2 Å². The van der Waals surface area contributed by atoms with Crippen molar-refractivity contribution < 1.29 is 14.6 Å². The Bertz CT molecular complexity index is 151. The van der Waals surface area contributed by atoms with Gasteiger partial charge >= 0.3 is 0 Å². The first-order valence-corrected chi connectivity index (χ1v) is 7.65. The van der Waals surface area contributed by atoms with Crippen LogP contribution in [-0.2, 0) is 9.47 Å². The minimum Gasteiger partial charge on any atom is -0.394 e. The fourth-order valence-corrected chi connectivity index (χ4v) is 1.78. The number of rotatable bonds is 14. The predicted octanol–water partition coefficient (Wildman–Crippen LogP) is 3.54. The molecule has 0 aromatic carbocycles. The lowest BCUT2D eigenvalue weighted by Crippen LogP contribution is -2.24. The summed E-state index contributed by atoms with van der Waals surface area (Å²) in [6, 6.07) is 0. The van der Waals surface area contributed by atoms with Gasteiger partial charge in [-0.3, -0.25) is 0 Å². The molecule has 0 radical (unpaired) electrons. The third kappa shape index (κ3) is 12.3. The van der Waals surface area contributed by atoms with Gasteiger partial charge in [-0.15, -0.1) is 0 Å². The predicted molar refractivity (Wildman–Crippen MR) is 75.9 cm³/mol. The van der Waals surface area contributed by atoms with Crippen molar-refractivity contribution in [2.75, 3.05) is 26.4 Å². The molecule has 1 N–H and O–H groups in total. The van der Waals surface area contributed by atoms with Crippen LogP contribution in [0.25, 0.3) is 0 Å². The van der Waals surface area contributed by atoms with Crippen molar-refractivity contribution in [1.29, 1.82) is 0 Å². The van der Waals surface area contributed by atoms with Crippen molar-refractivity contribution in [2.24, 2.45) is 0 Å². The summed E-state index contributed by atoms with van der Waals surface area (Å²) in [6.45, 7) is 6.51. The number of unbranched alkanes of at least 4 members (excludes halogenated alkanes) is 6. The molecule has 0 aliphatic rings. The molecule has 3 nitrogen and oxygen atoms in total. The molecule has 0 saturated heterocycles. The zero-order valence-corrected chi connectivity index (χ0v) is 12.3. The van der Waals surface area contributed by atoms with Crippen LogP contribution >= 0.6 is 0 Å². The normalized spacial score (nSPS) is 12.8. The quantitative estimate of drug-likeness (QED) is 0.485. The molecule has 18 heavy (non-hydrogen) atoms. The second-order valence-electron chi connectivity index (χ2n) is 4.87. The molecule has 1 unspecified atom stereocenters. The second-order valence-corrected chi connectivity index (χ2v) is 4.87. The van der Waals surface area contributed by atoms with Crippen LogP contribution in [0.4, 0.5) is 0 Å².